The SMILES string of the molecule is CCCCCCCCCCCCCCCCS/C(Cl)=C(/C(Cl)=C(/Cl)Br)[N+](=O)[O-]. The first-order valence-corrected chi connectivity index (χ1v) is 13.2. The molecule has 0 aliphatic heterocycles. The van der Waals surface area contributed by atoms with E-state index in [9.17, 15) is 10.1 Å². The number of halogens is 4. The van der Waals surface area contributed by atoms with Crippen LogP contribution in [0.15, 0.2) is 19.0 Å². The maximum Gasteiger partial charge on any atom is 0.314 e. The number of thioether (sulfide) groups is 1. The van der Waals surface area contributed by atoms with E-state index in [1.807, 2.05) is 0 Å². The Morgan fingerprint density at radius 3 is 1.57 bits per heavy atom. The minimum atomic E-state index is -0.605. The zero-order chi connectivity index (χ0) is 21.2. The fourth-order valence-electron chi connectivity index (χ4n) is 2.85. The summed E-state index contributed by atoms with van der Waals surface area (Å²) in [6.45, 7) is 2.26. The van der Waals surface area contributed by atoms with Gasteiger partial charge in [0.1, 0.15) is 8.97 Å². The van der Waals surface area contributed by atoms with Crippen LogP contribution in [0.3, 0.4) is 0 Å². The molecule has 0 bridgehead atoms. The molecule has 0 aliphatic rings. The Kier molecular flexibility index (Phi) is 19.9. The Labute approximate surface area is 198 Å². The van der Waals surface area contributed by atoms with Gasteiger partial charge in [0, 0.05) is 0 Å². The summed E-state index contributed by atoms with van der Waals surface area (Å²) < 4.78 is 0.0541. The molecular formula is C20H33BrCl3NO2S. The van der Waals surface area contributed by atoms with Crippen LogP contribution in [-0.4, -0.2) is 10.7 Å². The van der Waals surface area contributed by atoms with Crippen LogP contribution in [0, 0.1) is 10.1 Å². The van der Waals surface area contributed by atoms with Crippen molar-refractivity contribution >= 4 is 62.5 Å². The molecular weight excluding hydrogens is 505 g/mol. The lowest BCUT2D eigenvalue weighted by atomic mass is 10.0. The average molecular weight is 538 g/mol. The predicted molar refractivity (Wildman–Crippen MR) is 130 cm³/mol. The van der Waals surface area contributed by atoms with Gasteiger partial charge in [0.15, 0.2) is 4.36 Å². The van der Waals surface area contributed by atoms with Crippen molar-refractivity contribution in [3.63, 3.8) is 0 Å². The van der Waals surface area contributed by atoms with Gasteiger partial charge in [-0.15, -0.1) is 11.8 Å². The Morgan fingerprint density at radius 2 is 1.21 bits per heavy atom. The minimum Gasteiger partial charge on any atom is -0.258 e. The maximum absolute atomic E-state index is 11.1. The Morgan fingerprint density at radius 1 is 0.821 bits per heavy atom. The van der Waals surface area contributed by atoms with E-state index < -0.39 is 4.92 Å². The fraction of sp³-hybridized carbons (Fsp3) is 0.800. The second-order valence-electron chi connectivity index (χ2n) is 6.90. The van der Waals surface area contributed by atoms with Crippen LogP contribution < -0.4 is 0 Å². The van der Waals surface area contributed by atoms with Crippen LogP contribution in [0.4, 0.5) is 0 Å². The van der Waals surface area contributed by atoms with Crippen molar-refractivity contribution in [3.05, 3.63) is 29.1 Å². The van der Waals surface area contributed by atoms with E-state index in [1.165, 1.54) is 88.8 Å². The van der Waals surface area contributed by atoms with Crippen molar-refractivity contribution in [2.24, 2.45) is 0 Å². The van der Waals surface area contributed by atoms with E-state index in [2.05, 4.69) is 22.9 Å². The summed E-state index contributed by atoms with van der Waals surface area (Å²) in [5.74, 6) is 0.734. The van der Waals surface area contributed by atoms with Gasteiger partial charge in [-0.2, -0.15) is 0 Å². The molecule has 0 atom stereocenters. The molecule has 0 radical (unpaired) electrons. The van der Waals surface area contributed by atoms with Crippen molar-refractivity contribution < 1.29 is 4.92 Å². The average Bonchev–Trinajstić information content (AvgIpc) is 2.64. The Balaban J connectivity index is 3.67. The summed E-state index contributed by atoms with van der Waals surface area (Å²) in [7, 11) is 0. The van der Waals surface area contributed by atoms with Crippen molar-refractivity contribution in [2.45, 2.75) is 96.8 Å². The summed E-state index contributed by atoms with van der Waals surface area (Å²) >= 11 is 21.7. The van der Waals surface area contributed by atoms with Gasteiger partial charge in [0.2, 0.25) is 0 Å². The number of allylic oxidation sites excluding steroid dienone is 1. The number of rotatable bonds is 18. The zero-order valence-electron chi connectivity index (χ0n) is 16.8. The Hall–Kier alpha value is 0.580. The van der Waals surface area contributed by atoms with Crippen LogP contribution in [-0.2, 0) is 0 Å². The van der Waals surface area contributed by atoms with Crippen LogP contribution in [0.2, 0.25) is 0 Å². The smallest absolute Gasteiger partial charge is 0.258 e. The lowest BCUT2D eigenvalue weighted by molar-refractivity contribution is -0.419. The number of unbranched alkanes of at least 4 members (excludes halogenated alkanes) is 13. The fourth-order valence-corrected chi connectivity index (χ4v) is 4.64. The highest BCUT2D eigenvalue weighted by Crippen LogP contribution is 2.35. The molecule has 0 saturated heterocycles. The van der Waals surface area contributed by atoms with Crippen LogP contribution >= 0.6 is 62.5 Å². The molecule has 0 spiro atoms. The lowest BCUT2D eigenvalue weighted by Crippen LogP contribution is -2.01. The second-order valence-corrected chi connectivity index (χ2v) is 10.6. The van der Waals surface area contributed by atoms with Gasteiger partial charge in [-0.05, 0) is 28.1 Å². The lowest BCUT2D eigenvalue weighted by Gasteiger charge is -2.04. The monoisotopic (exact) mass is 535 g/mol. The number of hydrogen-bond acceptors (Lipinski definition) is 3. The molecule has 0 aromatic carbocycles. The standard InChI is InChI=1S/C20H33BrCl3NO2S/c1-2-3-4-5-6-7-8-9-10-11-12-13-14-15-16-28-20(24)18(25(26)27)17(22)19(21)23/h2-16H2,1H3/b19-17-,20-18-. The highest BCUT2D eigenvalue weighted by molar-refractivity contribution is 9.12. The summed E-state index contributed by atoms with van der Waals surface area (Å²) in [4.78, 5) is 10.5. The first kappa shape index (κ1) is 28.6. The van der Waals surface area contributed by atoms with Crippen molar-refractivity contribution in [1.29, 1.82) is 0 Å². The third kappa shape index (κ3) is 15.4. The maximum atomic E-state index is 11.1. The second kappa shape index (κ2) is 19.5. The van der Waals surface area contributed by atoms with Crippen LogP contribution in [0.25, 0.3) is 0 Å². The molecule has 164 valence electrons. The predicted octanol–water partition coefficient (Wildman–Crippen LogP) is 9.93. The third-order valence-corrected chi connectivity index (χ3v) is 7.19. The van der Waals surface area contributed by atoms with Gasteiger partial charge in [-0.3, -0.25) is 10.1 Å². The quantitative estimate of drug-likeness (QED) is 0.0756. The molecule has 0 aliphatic carbocycles. The highest BCUT2D eigenvalue weighted by Gasteiger charge is 2.24. The number of hydrogen-bond donors (Lipinski definition) is 0. The van der Waals surface area contributed by atoms with E-state index in [0.29, 0.717) is 0 Å². The topological polar surface area (TPSA) is 43.1 Å². The molecule has 0 fully saturated rings. The van der Waals surface area contributed by atoms with Gasteiger partial charge in [0.05, 0.1) is 4.92 Å². The van der Waals surface area contributed by atoms with Gasteiger partial charge >= 0.3 is 5.70 Å². The summed E-state index contributed by atoms with van der Waals surface area (Å²) in [5.41, 5.74) is -0.347. The molecule has 0 aromatic rings. The first-order chi connectivity index (χ1) is 13.4. The van der Waals surface area contributed by atoms with Crippen molar-refractivity contribution in [3.8, 4) is 0 Å². The molecule has 3 nitrogen and oxygen atoms in total. The first-order valence-electron chi connectivity index (χ1n) is 10.3. The third-order valence-electron chi connectivity index (χ3n) is 4.47. The summed E-state index contributed by atoms with van der Waals surface area (Å²) in [5, 5.41) is 10.9. The normalized spacial score (nSPS) is 13.3. The molecule has 0 saturated carbocycles. The zero-order valence-corrected chi connectivity index (χ0v) is 21.5. The molecule has 0 N–H and O–H groups in total. The molecule has 0 heterocycles. The van der Waals surface area contributed by atoms with E-state index in [4.69, 9.17) is 34.8 Å². The minimum absolute atomic E-state index is 0.0175. The molecule has 0 unspecified atom stereocenters. The number of nitro groups is 1. The summed E-state index contributed by atoms with van der Waals surface area (Å²) in [6.07, 6.45) is 18.2. The van der Waals surface area contributed by atoms with E-state index in [-0.39, 0.29) is 19.0 Å². The molecule has 0 rings (SSSR count). The van der Waals surface area contributed by atoms with E-state index >= 15 is 0 Å². The van der Waals surface area contributed by atoms with E-state index in [0.717, 1.165) is 18.6 Å². The van der Waals surface area contributed by atoms with Gasteiger partial charge in [-0.1, -0.05) is 125 Å². The highest BCUT2D eigenvalue weighted by atomic mass is 79.9. The molecule has 0 aromatic heterocycles. The van der Waals surface area contributed by atoms with E-state index in [1.54, 1.807) is 0 Å². The van der Waals surface area contributed by atoms with Crippen LogP contribution in [0.5, 0.6) is 0 Å². The van der Waals surface area contributed by atoms with Gasteiger partial charge in [0.25, 0.3) is 0 Å². The van der Waals surface area contributed by atoms with Crippen LogP contribution in [0.1, 0.15) is 96.8 Å². The molecule has 0 amide bonds. The largest absolute Gasteiger partial charge is 0.314 e. The van der Waals surface area contributed by atoms with Crippen molar-refractivity contribution in [2.75, 3.05) is 5.75 Å². The van der Waals surface area contributed by atoms with Gasteiger partial charge in [-0.25, -0.2) is 0 Å². The Bertz CT molecular complexity index is 498. The molecule has 8 heteroatoms. The number of nitrogens with zero attached hydrogens (tertiary/aromatic N) is 1. The molecule has 28 heavy (non-hydrogen) atoms. The van der Waals surface area contributed by atoms with Gasteiger partial charge < -0.3 is 0 Å². The van der Waals surface area contributed by atoms with Crippen molar-refractivity contribution in [1.82, 2.24) is 0 Å². The summed E-state index contributed by atoms with van der Waals surface area (Å²) in [6, 6.07) is 0.